The van der Waals surface area contributed by atoms with Crippen LogP contribution in [0, 0.1) is 0 Å². The molecule has 0 bridgehead atoms. The van der Waals surface area contributed by atoms with Crippen LogP contribution in [0.15, 0.2) is 12.1 Å². The molecule has 16 heavy (non-hydrogen) atoms. The van der Waals surface area contributed by atoms with Gasteiger partial charge in [-0.15, -0.1) is 0 Å². The molecule has 1 aromatic rings. The van der Waals surface area contributed by atoms with Crippen LogP contribution in [0.4, 0.5) is 0 Å². The quantitative estimate of drug-likeness (QED) is 0.818. The second-order valence-corrected chi connectivity index (χ2v) is 4.51. The minimum absolute atomic E-state index is 0.0172. The van der Waals surface area contributed by atoms with Gasteiger partial charge in [-0.25, -0.2) is 0 Å². The number of hydrogen-bond donors (Lipinski definition) is 2. The first-order chi connectivity index (χ1) is 7.37. The molecule has 0 saturated heterocycles. The maximum absolute atomic E-state index is 9.73. The third-order valence-corrected chi connectivity index (χ3v) is 2.20. The first kappa shape index (κ1) is 12.6. The van der Waals surface area contributed by atoms with E-state index in [4.69, 9.17) is 15.2 Å². The highest BCUT2D eigenvalue weighted by molar-refractivity contribution is 5.52. The minimum atomic E-state index is -0.313. The summed E-state index contributed by atoms with van der Waals surface area (Å²) in [5, 5.41) is 9.73. The second kappa shape index (κ2) is 4.61. The summed E-state index contributed by atoms with van der Waals surface area (Å²) in [6, 6.07) is 3.54. The average Bonchev–Trinajstić information content (AvgIpc) is 2.18. The lowest BCUT2D eigenvalue weighted by molar-refractivity contribution is 0.338. The fourth-order valence-corrected chi connectivity index (χ4v) is 1.58. The number of phenolic OH excluding ortho intramolecular Hbond substituents is 1. The van der Waals surface area contributed by atoms with Crippen molar-refractivity contribution in [2.45, 2.75) is 25.8 Å². The van der Waals surface area contributed by atoms with Crippen LogP contribution in [0.25, 0.3) is 0 Å². The van der Waals surface area contributed by atoms with Crippen molar-refractivity contribution in [2.24, 2.45) is 5.73 Å². The first-order valence-corrected chi connectivity index (χ1v) is 5.10. The summed E-state index contributed by atoms with van der Waals surface area (Å²) in [4.78, 5) is 0. The van der Waals surface area contributed by atoms with E-state index < -0.39 is 0 Å². The molecule has 3 N–H and O–H groups in total. The largest absolute Gasteiger partial charge is 0.502 e. The molecular weight excluding hydrogens is 206 g/mol. The molecule has 0 amide bonds. The lowest BCUT2D eigenvalue weighted by atomic mass is 9.96. The van der Waals surface area contributed by atoms with Gasteiger partial charge in [0, 0.05) is 5.54 Å². The van der Waals surface area contributed by atoms with Crippen LogP contribution in [0.2, 0.25) is 0 Å². The lowest BCUT2D eigenvalue weighted by Gasteiger charge is -2.19. The standard InChI is InChI=1S/C12H19NO3/c1-12(2,13)7-8-5-9(15-3)11(14)10(6-8)16-4/h5-6,14H,7,13H2,1-4H3. The molecule has 0 heterocycles. The lowest BCUT2D eigenvalue weighted by Crippen LogP contribution is -2.34. The number of hydrogen-bond acceptors (Lipinski definition) is 4. The summed E-state index contributed by atoms with van der Waals surface area (Å²) >= 11 is 0. The van der Waals surface area contributed by atoms with Gasteiger partial charge in [-0.3, -0.25) is 0 Å². The summed E-state index contributed by atoms with van der Waals surface area (Å²) in [6.45, 7) is 3.89. The molecule has 4 heteroatoms. The molecule has 1 rings (SSSR count). The Morgan fingerprint density at radius 1 is 1.19 bits per heavy atom. The average molecular weight is 225 g/mol. The maximum Gasteiger partial charge on any atom is 0.200 e. The van der Waals surface area contributed by atoms with Gasteiger partial charge < -0.3 is 20.3 Å². The number of rotatable bonds is 4. The summed E-state index contributed by atoms with van der Waals surface area (Å²) in [5.41, 5.74) is 6.60. The van der Waals surface area contributed by atoms with Crippen LogP contribution in [0.3, 0.4) is 0 Å². The summed E-state index contributed by atoms with van der Waals surface area (Å²) in [6.07, 6.45) is 0.681. The molecule has 0 saturated carbocycles. The van der Waals surface area contributed by atoms with Crippen LogP contribution in [-0.4, -0.2) is 24.9 Å². The van der Waals surface area contributed by atoms with Gasteiger partial charge in [0.1, 0.15) is 0 Å². The molecule has 0 aliphatic heterocycles. The minimum Gasteiger partial charge on any atom is -0.502 e. The van der Waals surface area contributed by atoms with Gasteiger partial charge in [-0.05, 0) is 38.0 Å². The number of aromatic hydroxyl groups is 1. The highest BCUT2D eigenvalue weighted by Crippen LogP contribution is 2.37. The van der Waals surface area contributed by atoms with Crippen molar-refractivity contribution in [1.82, 2.24) is 0 Å². The predicted octanol–water partition coefficient (Wildman–Crippen LogP) is 1.69. The first-order valence-electron chi connectivity index (χ1n) is 5.10. The third kappa shape index (κ3) is 3.03. The van der Waals surface area contributed by atoms with Crippen molar-refractivity contribution >= 4 is 0 Å². The molecule has 90 valence electrons. The number of benzene rings is 1. The second-order valence-electron chi connectivity index (χ2n) is 4.51. The Kier molecular flexibility index (Phi) is 3.65. The van der Waals surface area contributed by atoms with Crippen molar-refractivity contribution in [2.75, 3.05) is 14.2 Å². The van der Waals surface area contributed by atoms with Gasteiger partial charge in [-0.1, -0.05) is 0 Å². The van der Waals surface area contributed by atoms with E-state index in [1.165, 1.54) is 14.2 Å². The Balaban J connectivity index is 3.12. The predicted molar refractivity (Wildman–Crippen MR) is 63.2 cm³/mol. The smallest absolute Gasteiger partial charge is 0.200 e. The number of phenols is 1. The maximum atomic E-state index is 9.73. The zero-order valence-electron chi connectivity index (χ0n) is 10.2. The monoisotopic (exact) mass is 225 g/mol. The molecule has 0 unspecified atom stereocenters. The molecule has 0 aromatic heterocycles. The van der Waals surface area contributed by atoms with Crippen molar-refractivity contribution in [3.63, 3.8) is 0 Å². The van der Waals surface area contributed by atoms with Crippen LogP contribution in [-0.2, 0) is 6.42 Å². The van der Waals surface area contributed by atoms with Gasteiger partial charge in [0.25, 0.3) is 0 Å². The summed E-state index contributed by atoms with van der Waals surface area (Å²) in [7, 11) is 3.01. The highest BCUT2D eigenvalue weighted by Gasteiger charge is 2.16. The topological polar surface area (TPSA) is 64.7 Å². The van der Waals surface area contributed by atoms with Gasteiger partial charge in [0.05, 0.1) is 14.2 Å². The Hall–Kier alpha value is -1.42. The van der Waals surface area contributed by atoms with Crippen LogP contribution in [0.1, 0.15) is 19.4 Å². The van der Waals surface area contributed by atoms with Crippen molar-refractivity contribution < 1.29 is 14.6 Å². The van der Waals surface area contributed by atoms with Crippen molar-refractivity contribution in [3.8, 4) is 17.2 Å². The van der Waals surface area contributed by atoms with E-state index in [-0.39, 0.29) is 11.3 Å². The van der Waals surface area contributed by atoms with Crippen molar-refractivity contribution in [3.05, 3.63) is 17.7 Å². The molecule has 4 nitrogen and oxygen atoms in total. The normalized spacial score (nSPS) is 11.3. The summed E-state index contributed by atoms with van der Waals surface area (Å²) in [5.74, 6) is 0.820. The van der Waals surface area contributed by atoms with Crippen molar-refractivity contribution in [1.29, 1.82) is 0 Å². The van der Waals surface area contributed by atoms with Gasteiger partial charge in [0.15, 0.2) is 11.5 Å². The Labute approximate surface area is 96.0 Å². The van der Waals surface area contributed by atoms with E-state index in [0.717, 1.165) is 5.56 Å². The van der Waals surface area contributed by atoms with Gasteiger partial charge >= 0.3 is 0 Å². The van der Waals surface area contributed by atoms with Gasteiger partial charge in [0.2, 0.25) is 5.75 Å². The fraction of sp³-hybridized carbons (Fsp3) is 0.500. The Morgan fingerprint density at radius 2 is 1.62 bits per heavy atom. The van der Waals surface area contributed by atoms with E-state index in [0.29, 0.717) is 17.9 Å². The number of ether oxygens (including phenoxy) is 2. The van der Waals surface area contributed by atoms with E-state index in [1.54, 1.807) is 12.1 Å². The molecule has 0 aliphatic carbocycles. The number of methoxy groups -OCH3 is 2. The van der Waals surface area contributed by atoms with Crippen LogP contribution < -0.4 is 15.2 Å². The molecular formula is C12H19NO3. The van der Waals surface area contributed by atoms with E-state index in [1.807, 2.05) is 13.8 Å². The molecule has 0 radical (unpaired) electrons. The summed E-state index contributed by atoms with van der Waals surface area (Å²) < 4.78 is 10.1. The van der Waals surface area contributed by atoms with Crippen LogP contribution >= 0.6 is 0 Å². The van der Waals surface area contributed by atoms with E-state index >= 15 is 0 Å². The van der Waals surface area contributed by atoms with Gasteiger partial charge in [-0.2, -0.15) is 0 Å². The zero-order valence-corrected chi connectivity index (χ0v) is 10.2. The zero-order chi connectivity index (χ0) is 12.3. The Morgan fingerprint density at radius 3 is 1.94 bits per heavy atom. The molecule has 0 spiro atoms. The van der Waals surface area contributed by atoms with E-state index in [2.05, 4.69) is 0 Å². The Bertz CT molecular complexity index is 344. The number of nitrogens with two attached hydrogens (primary N) is 1. The fourth-order valence-electron chi connectivity index (χ4n) is 1.58. The van der Waals surface area contributed by atoms with Crippen LogP contribution in [0.5, 0.6) is 17.2 Å². The SMILES string of the molecule is COc1cc(CC(C)(C)N)cc(OC)c1O. The molecule has 1 aromatic carbocycles. The molecule has 0 atom stereocenters. The third-order valence-electron chi connectivity index (χ3n) is 2.20. The molecule has 0 fully saturated rings. The highest BCUT2D eigenvalue weighted by atomic mass is 16.5. The van der Waals surface area contributed by atoms with E-state index in [9.17, 15) is 5.11 Å². The molecule has 0 aliphatic rings.